The minimum Gasteiger partial charge on any atom is -0.349 e. The fourth-order valence-corrected chi connectivity index (χ4v) is 1.61. The molecule has 1 aliphatic rings. The first kappa shape index (κ1) is 12.4. The quantitative estimate of drug-likeness (QED) is 0.797. The fourth-order valence-electron chi connectivity index (χ4n) is 1.61. The van der Waals surface area contributed by atoms with Crippen LogP contribution in [0.5, 0.6) is 0 Å². The van der Waals surface area contributed by atoms with Crippen molar-refractivity contribution < 1.29 is 9.59 Å². The van der Waals surface area contributed by atoms with Gasteiger partial charge in [-0.15, -0.1) is 0 Å². The molecule has 2 rings (SSSR count). The molecule has 0 spiro atoms. The lowest BCUT2D eigenvalue weighted by Gasteiger charge is -2.09. The molecule has 4 heteroatoms. The van der Waals surface area contributed by atoms with Gasteiger partial charge in [-0.05, 0) is 38.0 Å². The van der Waals surface area contributed by atoms with Crippen molar-refractivity contribution in [1.29, 1.82) is 0 Å². The average Bonchev–Trinajstić information content (AvgIpc) is 3.14. The lowest BCUT2D eigenvalue weighted by atomic mass is 10.1. The fraction of sp³-hybridized carbons (Fsp3) is 0.286. The maximum atomic E-state index is 12.0. The number of hydrogen-bond acceptors (Lipinski definition) is 2. The molecule has 0 aliphatic heterocycles. The zero-order valence-electron chi connectivity index (χ0n) is 10.3. The summed E-state index contributed by atoms with van der Waals surface area (Å²) in [6.45, 7) is 1.77. The van der Waals surface area contributed by atoms with Crippen LogP contribution in [0.1, 0.15) is 30.1 Å². The molecular formula is C14H16N2O2. The van der Waals surface area contributed by atoms with E-state index in [1.807, 2.05) is 0 Å². The molecule has 1 saturated carbocycles. The summed E-state index contributed by atoms with van der Waals surface area (Å²) < 4.78 is 0. The van der Waals surface area contributed by atoms with Crippen LogP contribution in [-0.4, -0.2) is 17.9 Å². The SMILES string of the molecule is CC=CC(=O)Nc1ccccc1C(=O)NC1CC1. The highest BCUT2D eigenvalue weighted by Crippen LogP contribution is 2.21. The minimum absolute atomic E-state index is 0.131. The van der Waals surface area contributed by atoms with Crippen LogP contribution >= 0.6 is 0 Å². The zero-order chi connectivity index (χ0) is 13.0. The predicted molar refractivity (Wildman–Crippen MR) is 70.4 cm³/mol. The number of carbonyl (C=O) groups is 2. The molecule has 1 aliphatic carbocycles. The molecule has 0 bridgehead atoms. The summed E-state index contributed by atoms with van der Waals surface area (Å²) in [5, 5.41) is 5.61. The number of nitrogens with one attached hydrogen (secondary N) is 2. The number of hydrogen-bond donors (Lipinski definition) is 2. The smallest absolute Gasteiger partial charge is 0.253 e. The zero-order valence-corrected chi connectivity index (χ0v) is 10.3. The normalized spacial score (nSPS) is 14.5. The Bertz CT molecular complexity index is 490. The Labute approximate surface area is 106 Å². The van der Waals surface area contributed by atoms with Gasteiger partial charge in [0.2, 0.25) is 5.91 Å². The van der Waals surface area contributed by atoms with Crippen LogP contribution in [0, 0.1) is 0 Å². The third-order valence-corrected chi connectivity index (χ3v) is 2.66. The monoisotopic (exact) mass is 244 g/mol. The molecule has 0 atom stereocenters. The van der Waals surface area contributed by atoms with Crippen molar-refractivity contribution in [2.24, 2.45) is 0 Å². The Kier molecular flexibility index (Phi) is 3.77. The number of benzene rings is 1. The van der Waals surface area contributed by atoms with Crippen molar-refractivity contribution in [3.63, 3.8) is 0 Å². The van der Waals surface area contributed by atoms with Crippen molar-refractivity contribution >= 4 is 17.5 Å². The van der Waals surface area contributed by atoms with E-state index in [1.54, 1.807) is 37.3 Å². The Morgan fingerprint density at radius 3 is 2.67 bits per heavy atom. The van der Waals surface area contributed by atoms with Crippen LogP contribution in [0.4, 0.5) is 5.69 Å². The van der Waals surface area contributed by atoms with E-state index in [2.05, 4.69) is 10.6 Å². The van der Waals surface area contributed by atoms with Crippen molar-refractivity contribution in [2.45, 2.75) is 25.8 Å². The van der Waals surface area contributed by atoms with Gasteiger partial charge in [-0.25, -0.2) is 0 Å². The molecule has 2 N–H and O–H groups in total. The molecule has 1 fully saturated rings. The van der Waals surface area contributed by atoms with Crippen LogP contribution in [0.15, 0.2) is 36.4 Å². The van der Waals surface area contributed by atoms with E-state index >= 15 is 0 Å². The number of anilines is 1. The first-order valence-corrected chi connectivity index (χ1v) is 6.04. The van der Waals surface area contributed by atoms with Gasteiger partial charge in [0.15, 0.2) is 0 Å². The highest BCUT2D eigenvalue weighted by atomic mass is 16.2. The highest BCUT2D eigenvalue weighted by molar-refractivity contribution is 6.06. The highest BCUT2D eigenvalue weighted by Gasteiger charge is 2.24. The first-order valence-electron chi connectivity index (χ1n) is 6.04. The summed E-state index contributed by atoms with van der Waals surface area (Å²) >= 11 is 0. The number of allylic oxidation sites excluding steroid dienone is 1. The summed E-state index contributed by atoms with van der Waals surface area (Å²) in [6, 6.07) is 7.31. The van der Waals surface area contributed by atoms with E-state index in [1.165, 1.54) is 6.08 Å². The standard InChI is InChI=1S/C14H16N2O2/c1-2-5-13(17)16-12-7-4-3-6-11(12)14(18)15-10-8-9-10/h2-7,10H,8-9H2,1H3,(H,15,18)(H,16,17). The maximum absolute atomic E-state index is 12.0. The summed E-state index contributed by atoms with van der Waals surface area (Å²) in [4.78, 5) is 23.5. The lowest BCUT2D eigenvalue weighted by Crippen LogP contribution is -2.26. The van der Waals surface area contributed by atoms with E-state index in [4.69, 9.17) is 0 Å². The summed E-state index contributed by atoms with van der Waals surface area (Å²) in [7, 11) is 0. The second kappa shape index (κ2) is 5.49. The molecule has 0 radical (unpaired) electrons. The topological polar surface area (TPSA) is 58.2 Å². The molecule has 2 amide bonds. The maximum Gasteiger partial charge on any atom is 0.253 e. The predicted octanol–water partition coefficient (Wildman–Crippen LogP) is 2.09. The van der Waals surface area contributed by atoms with E-state index in [0.29, 0.717) is 17.3 Å². The van der Waals surface area contributed by atoms with Gasteiger partial charge in [0, 0.05) is 6.04 Å². The largest absolute Gasteiger partial charge is 0.349 e. The Balaban J connectivity index is 2.13. The summed E-state index contributed by atoms with van der Waals surface area (Å²) in [5.41, 5.74) is 1.04. The molecule has 1 aromatic rings. The third-order valence-electron chi connectivity index (χ3n) is 2.66. The van der Waals surface area contributed by atoms with Gasteiger partial charge < -0.3 is 10.6 Å². The van der Waals surface area contributed by atoms with Crippen LogP contribution in [0.25, 0.3) is 0 Å². The number of amides is 2. The van der Waals surface area contributed by atoms with Crippen LogP contribution in [-0.2, 0) is 4.79 Å². The Hall–Kier alpha value is -2.10. The second-order valence-electron chi connectivity index (χ2n) is 4.28. The summed E-state index contributed by atoms with van der Waals surface area (Å²) in [5.74, 6) is -0.363. The molecule has 4 nitrogen and oxygen atoms in total. The molecule has 94 valence electrons. The number of carbonyl (C=O) groups excluding carboxylic acids is 2. The minimum atomic E-state index is -0.232. The third kappa shape index (κ3) is 3.20. The van der Waals surface area contributed by atoms with E-state index < -0.39 is 0 Å². The van der Waals surface area contributed by atoms with Gasteiger partial charge >= 0.3 is 0 Å². The van der Waals surface area contributed by atoms with Gasteiger partial charge in [-0.2, -0.15) is 0 Å². The van der Waals surface area contributed by atoms with E-state index in [0.717, 1.165) is 12.8 Å². The second-order valence-corrected chi connectivity index (χ2v) is 4.28. The number of rotatable bonds is 4. The molecule has 0 unspecified atom stereocenters. The van der Waals surface area contributed by atoms with Gasteiger partial charge in [0.25, 0.3) is 5.91 Å². The molecule has 0 aromatic heterocycles. The van der Waals surface area contributed by atoms with Crippen LogP contribution in [0.3, 0.4) is 0 Å². The van der Waals surface area contributed by atoms with Gasteiger partial charge in [-0.1, -0.05) is 18.2 Å². The van der Waals surface area contributed by atoms with Gasteiger partial charge in [0.05, 0.1) is 11.3 Å². The van der Waals surface area contributed by atoms with E-state index in [9.17, 15) is 9.59 Å². The van der Waals surface area contributed by atoms with Crippen LogP contribution in [0.2, 0.25) is 0 Å². The van der Waals surface area contributed by atoms with Crippen molar-refractivity contribution in [3.05, 3.63) is 42.0 Å². The van der Waals surface area contributed by atoms with Gasteiger partial charge in [0.1, 0.15) is 0 Å². The summed E-state index contributed by atoms with van der Waals surface area (Å²) in [6.07, 6.45) is 5.16. The molecule has 18 heavy (non-hydrogen) atoms. The van der Waals surface area contributed by atoms with Crippen molar-refractivity contribution in [2.75, 3.05) is 5.32 Å². The average molecular weight is 244 g/mol. The molecule has 0 saturated heterocycles. The van der Waals surface area contributed by atoms with Crippen molar-refractivity contribution in [3.8, 4) is 0 Å². The Morgan fingerprint density at radius 2 is 2.00 bits per heavy atom. The molecule has 0 heterocycles. The van der Waals surface area contributed by atoms with Crippen LogP contribution < -0.4 is 10.6 Å². The van der Waals surface area contributed by atoms with Gasteiger partial charge in [-0.3, -0.25) is 9.59 Å². The molecule has 1 aromatic carbocycles. The van der Waals surface area contributed by atoms with Crippen molar-refractivity contribution in [1.82, 2.24) is 5.32 Å². The molecular weight excluding hydrogens is 228 g/mol. The number of para-hydroxylation sites is 1. The van der Waals surface area contributed by atoms with E-state index in [-0.39, 0.29) is 11.8 Å². The first-order chi connectivity index (χ1) is 8.70. The Morgan fingerprint density at radius 1 is 1.28 bits per heavy atom. The lowest BCUT2D eigenvalue weighted by molar-refractivity contribution is -0.111.